The summed E-state index contributed by atoms with van der Waals surface area (Å²) in [6, 6.07) is 14.4. The summed E-state index contributed by atoms with van der Waals surface area (Å²) in [5, 5.41) is 0. The quantitative estimate of drug-likeness (QED) is 0.914. The SMILES string of the molecule is CC(=O)N1CCc2cccc(S(=O)(=O)N[C@@H](C)c3ccccc3)c2C1. The van der Waals surface area contributed by atoms with Crippen LogP contribution in [0, 0.1) is 0 Å². The molecule has 132 valence electrons. The van der Waals surface area contributed by atoms with Gasteiger partial charge in [0.25, 0.3) is 0 Å². The molecule has 25 heavy (non-hydrogen) atoms. The summed E-state index contributed by atoms with van der Waals surface area (Å²) in [7, 11) is -3.69. The molecule has 1 aliphatic heterocycles. The van der Waals surface area contributed by atoms with E-state index in [-0.39, 0.29) is 16.8 Å². The monoisotopic (exact) mass is 358 g/mol. The Kier molecular flexibility index (Phi) is 4.92. The van der Waals surface area contributed by atoms with Crippen LogP contribution < -0.4 is 4.72 Å². The van der Waals surface area contributed by atoms with Crippen LogP contribution in [0.4, 0.5) is 0 Å². The van der Waals surface area contributed by atoms with Crippen LogP contribution in [0.2, 0.25) is 0 Å². The number of carbonyl (C=O) groups excluding carboxylic acids is 1. The van der Waals surface area contributed by atoms with Gasteiger partial charge >= 0.3 is 0 Å². The molecule has 0 saturated heterocycles. The molecule has 0 radical (unpaired) electrons. The van der Waals surface area contributed by atoms with Crippen molar-refractivity contribution in [3.8, 4) is 0 Å². The molecule has 3 rings (SSSR count). The minimum atomic E-state index is -3.69. The summed E-state index contributed by atoms with van der Waals surface area (Å²) in [6.45, 7) is 4.29. The van der Waals surface area contributed by atoms with Crippen LogP contribution in [-0.4, -0.2) is 25.8 Å². The first-order valence-corrected chi connectivity index (χ1v) is 9.80. The Balaban J connectivity index is 1.92. The summed E-state index contributed by atoms with van der Waals surface area (Å²) in [6.07, 6.45) is 0.673. The molecule has 0 aliphatic carbocycles. The molecule has 0 bridgehead atoms. The summed E-state index contributed by atoms with van der Waals surface area (Å²) < 4.78 is 28.7. The third-order valence-electron chi connectivity index (χ3n) is 4.60. The lowest BCUT2D eigenvalue weighted by atomic mass is 10.00. The molecule has 5 nitrogen and oxygen atoms in total. The Labute approximate surface area is 148 Å². The highest BCUT2D eigenvalue weighted by molar-refractivity contribution is 7.89. The molecule has 1 N–H and O–H groups in total. The predicted molar refractivity (Wildman–Crippen MR) is 96.4 cm³/mol. The topological polar surface area (TPSA) is 66.5 Å². The number of amides is 1. The van der Waals surface area contributed by atoms with Crippen molar-refractivity contribution >= 4 is 15.9 Å². The fourth-order valence-corrected chi connectivity index (χ4v) is 4.68. The molecular formula is C19H22N2O3S. The fraction of sp³-hybridized carbons (Fsp3) is 0.316. The maximum absolute atomic E-state index is 12.9. The van der Waals surface area contributed by atoms with Gasteiger partial charge in [-0.3, -0.25) is 4.79 Å². The zero-order valence-corrected chi connectivity index (χ0v) is 15.2. The predicted octanol–water partition coefficient (Wildman–Crippen LogP) is 2.63. The van der Waals surface area contributed by atoms with Crippen molar-refractivity contribution in [2.45, 2.75) is 37.8 Å². The van der Waals surface area contributed by atoms with Gasteiger partial charge < -0.3 is 4.90 Å². The number of carbonyl (C=O) groups is 1. The van der Waals surface area contributed by atoms with E-state index in [1.165, 1.54) is 6.92 Å². The lowest BCUT2D eigenvalue weighted by Gasteiger charge is -2.29. The van der Waals surface area contributed by atoms with Crippen molar-refractivity contribution in [3.05, 3.63) is 65.2 Å². The Morgan fingerprint density at radius 1 is 1.12 bits per heavy atom. The third-order valence-corrected chi connectivity index (χ3v) is 6.22. The van der Waals surface area contributed by atoms with Crippen molar-refractivity contribution in [1.29, 1.82) is 0 Å². The number of benzene rings is 2. The van der Waals surface area contributed by atoms with E-state index < -0.39 is 10.0 Å². The Hall–Kier alpha value is -2.18. The molecule has 0 fully saturated rings. The first kappa shape index (κ1) is 17.6. The van der Waals surface area contributed by atoms with E-state index in [9.17, 15) is 13.2 Å². The third kappa shape index (κ3) is 3.75. The van der Waals surface area contributed by atoms with Crippen molar-refractivity contribution in [1.82, 2.24) is 9.62 Å². The maximum Gasteiger partial charge on any atom is 0.241 e. The molecule has 6 heteroatoms. The smallest absolute Gasteiger partial charge is 0.241 e. The Bertz CT molecular complexity index is 879. The molecule has 1 aliphatic rings. The Morgan fingerprint density at radius 3 is 2.52 bits per heavy atom. The minimum absolute atomic E-state index is 0.0385. The zero-order chi connectivity index (χ0) is 18.0. The molecule has 0 unspecified atom stereocenters. The van der Waals surface area contributed by atoms with Crippen LogP contribution >= 0.6 is 0 Å². The van der Waals surface area contributed by atoms with E-state index >= 15 is 0 Å². The second kappa shape index (κ2) is 6.98. The fourth-order valence-electron chi connectivity index (χ4n) is 3.18. The van der Waals surface area contributed by atoms with Crippen LogP contribution in [0.1, 0.15) is 36.6 Å². The van der Waals surface area contributed by atoms with Gasteiger partial charge in [0.15, 0.2) is 0 Å². The van der Waals surface area contributed by atoms with Gasteiger partial charge in [0.05, 0.1) is 4.90 Å². The van der Waals surface area contributed by atoms with Gasteiger partial charge in [-0.1, -0.05) is 42.5 Å². The van der Waals surface area contributed by atoms with Gasteiger partial charge in [-0.05, 0) is 36.1 Å². The van der Waals surface area contributed by atoms with Gasteiger partial charge in [-0.15, -0.1) is 0 Å². The van der Waals surface area contributed by atoms with Crippen molar-refractivity contribution < 1.29 is 13.2 Å². The number of sulfonamides is 1. The second-order valence-electron chi connectivity index (χ2n) is 6.34. The molecular weight excluding hydrogens is 336 g/mol. The zero-order valence-electron chi connectivity index (χ0n) is 14.4. The van der Waals surface area contributed by atoms with Gasteiger partial charge in [0, 0.05) is 26.1 Å². The van der Waals surface area contributed by atoms with Crippen LogP contribution in [0.25, 0.3) is 0 Å². The average Bonchev–Trinajstić information content (AvgIpc) is 2.61. The number of hydrogen-bond acceptors (Lipinski definition) is 3. The molecule has 0 saturated carbocycles. The number of nitrogens with zero attached hydrogens (tertiary/aromatic N) is 1. The maximum atomic E-state index is 12.9. The van der Waals surface area contributed by atoms with E-state index in [1.807, 2.05) is 43.3 Å². The molecule has 1 heterocycles. The first-order chi connectivity index (χ1) is 11.9. The summed E-state index contributed by atoms with van der Waals surface area (Å²) in [4.78, 5) is 13.6. The van der Waals surface area contributed by atoms with Crippen molar-refractivity contribution in [2.75, 3.05) is 6.54 Å². The first-order valence-electron chi connectivity index (χ1n) is 8.32. The van der Waals surface area contributed by atoms with Crippen LogP contribution in [-0.2, 0) is 27.8 Å². The molecule has 0 spiro atoms. The minimum Gasteiger partial charge on any atom is -0.338 e. The number of fused-ring (bicyclic) bond motifs is 1. The standard InChI is InChI=1S/C19H22N2O3S/c1-14(16-7-4-3-5-8-16)20-25(23,24)19-10-6-9-17-11-12-21(15(2)22)13-18(17)19/h3-10,14,20H,11-13H2,1-2H3/t14-/m0/s1. The number of rotatable bonds is 4. The summed E-state index contributed by atoms with van der Waals surface area (Å²) >= 11 is 0. The van der Waals surface area contributed by atoms with Crippen LogP contribution in [0.15, 0.2) is 53.4 Å². The highest BCUT2D eigenvalue weighted by Gasteiger charge is 2.27. The molecule has 2 aromatic carbocycles. The van der Waals surface area contributed by atoms with E-state index in [1.54, 1.807) is 17.0 Å². The van der Waals surface area contributed by atoms with Crippen molar-refractivity contribution in [3.63, 3.8) is 0 Å². The van der Waals surface area contributed by atoms with E-state index in [0.29, 0.717) is 19.5 Å². The highest BCUT2D eigenvalue weighted by atomic mass is 32.2. The number of nitrogens with one attached hydrogen (secondary N) is 1. The highest BCUT2D eigenvalue weighted by Crippen LogP contribution is 2.27. The van der Waals surface area contributed by atoms with Gasteiger partial charge in [-0.2, -0.15) is 0 Å². The lowest BCUT2D eigenvalue weighted by Crippen LogP contribution is -2.36. The van der Waals surface area contributed by atoms with Crippen LogP contribution in [0.3, 0.4) is 0 Å². The van der Waals surface area contributed by atoms with E-state index in [2.05, 4.69) is 4.72 Å². The molecule has 1 atom stereocenters. The lowest BCUT2D eigenvalue weighted by molar-refractivity contribution is -0.129. The van der Waals surface area contributed by atoms with Gasteiger partial charge in [0.1, 0.15) is 0 Å². The summed E-state index contributed by atoms with van der Waals surface area (Å²) in [5.41, 5.74) is 2.62. The second-order valence-corrected chi connectivity index (χ2v) is 8.02. The molecule has 2 aromatic rings. The average molecular weight is 358 g/mol. The van der Waals surface area contributed by atoms with Crippen LogP contribution in [0.5, 0.6) is 0 Å². The summed E-state index contributed by atoms with van der Waals surface area (Å²) in [5.74, 6) is -0.0385. The molecule has 1 amide bonds. The van der Waals surface area contributed by atoms with Crippen molar-refractivity contribution in [2.24, 2.45) is 0 Å². The normalized spacial score (nSPS) is 15.5. The molecule has 0 aromatic heterocycles. The largest absolute Gasteiger partial charge is 0.338 e. The van der Waals surface area contributed by atoms with Gasteiger partial charge in [-0.25, -0.2) is 13.1 Å². The Morgan fingerprint density at radius 2 is 1.84 bits per heavy atom. The number of hydrogen-bond donors (Lipinski definition) is 1. The van der Waals surface area contributed by atoms with E-state index in [4.69, 9.17) is 0 Å². The van der Waals surface area contributed by atoms with E-state index in [0.717, 1.165) is 16.7 Å². The van der Waals surface area contributed by atoms with Gasteiger partial charge in [0.2, 0.25) is 15.9 Å².